The molecule has 2 N–H and O–H groups in total. The fourth-order valence-electron chi connectivity index (χ4n) is 2.99. The molecule has 1 aliphatic rings. The lowest BCUT2D eigenvalue weighted by molar-refractivity contribution is -0.143. The lowest BCUT2D eigenvalue weighted by Gasteiger charge is -2.26. The van der Waals surface area contributed by atoms with Crippen LogP contribution in [0.4, 0.5) is 0 Å². The van der Waals surface area contributed by atoms with Crippen LogP contribution in [0.5, 0.6) is 0 Å². The summed E-state index contributed by atoms with van der Waals surface area (Å²) in [4.78, 5) is 38.0. The molecule has 0 amide bonds. The Hall–Kier alpha value is -1.89. The smallest absolute Gasteiger partial charge is 0.328 e. The number of carbonyl (C=O) groups is 1. The van der Waals surface area contributed by atoms with Crippen LogP contribution < -0.4 is 11.2 Å². The molecule has 0 aromatic carbocycles. The fraction of sp³-hybridized carbons (Fsp3) is 0.500. The Kier molecular flexibility index (Phi) is 3.67. The Bertz CT molecular complexity index is 780. The molecule has 1 aliphatic carbocycles. The number of aromatic nitrogens is 2. The van der Waals surface area contributed by atoms with E-state index in [2.05, 4.69) is 4.98 Å². The van der Waals surface area contributed by atoms with E-state index in [4.69, 9.17) is 5.11 Å². The average molecular weight is 308 g/mol. The number of hydrogen-bond acceptors (Lipinski definition) is 4. The van der Waals surface area contributed by atoms with Gasteiger partial charge in [0.1, 0.15) is 4.70 Å². The van der Waals surface area contributed by atoms with Gasteiger partial charge in [0.2, 0.25) is 0 Å². The van der Waals surface area contributed by atoms with E-state index in [0.29, 0.717) is 29.6 Å². The van der Waals surface area contributed by atoms with E-state index in [1.165, 1.54) is 15.9 Å². The van der Waals surface area contributed by atoms with Gasteiger partial charge in [0.05, 0.1) is 11.4 Å². The summed E-state index contributed by atoms with van der Waals surface area (Å²) in [6.07, 6.45) is 2.72. The quantitative estimate of drug-likeness (QED) is 0.901. The molecular weight excluding hydrogens is 292 g/mol. The summed E-state index contributed by atoms with van der Waals surface area (Å²) in [5, 5.41) is 10.8. The fourth-order valence-corrected chi connectivity index (χ4v) is 3.78. The number of nitrogens with one attached hydrogen (secondary N) is 1. The summed E-state index contributed by atoms with van der Waals surface area (Å²) in [5.74, 6) is -0.837. The number of H-pyrrole nitrogens is 1. The molecule has 2 aromatic heterocycles. The molecule has 0 aliphatic heterocycles. The third-order valence-electron chi connectivity index (χ3n) is 4.23. The maximum atomic E-state index is 12.3. The van der Waals surface area contributed by atoms with E-state index >= 15 is 0 Å². The molecule has 0 atom stereocenters. The van der Waals surface area contributed by atoms with Gasteiger partial charge in [0.25, 0.3) is 5.56 Å². The Balaban J connectivity index is 1.81. The van der Waals surface area contributed by atoms with Gasteiger partial charge >= 0.3 is 11.7 Å². The number of carboxylic acid groups (broad SMARTS) is 1. The van der Waals surface area contributed by atoms with Gasteiger partial charge in [-0.3, -0.25) is 14.2 Å². The van der Waals surface area contributed by atoms with Crippen molar-refractivity contribution in [3.8, 4) is 0 Å². The second-order valence-corrected chi connectivity index (χ2v) is 6.48. The molecule has 1 saturated carbocycles. The van der Waals surface area contributed by atoms with Crippen molar-refractivity contribution in [1.29, 1.82) is 0 Å². The molecular formula is C14H16N2O4S. The second-order valence-electron chi connectivity index (χ2n) is 5.57. The maximum Gasteiger partial charge on any atom is 0.328 e. The van der Waals surface area contributed by atoms with Gasteiger partial charge in [-0.05, 0) is 43.0 Å². The van der Waals surface area contributed by atoms with Crippen LogP contribution in [0, 0.1) is 11.8 Å². The van der Waals surface area contributed by atoms with Crippen LogP contribution in [0.25, 0.3) is 10.2 Å². The highest BCUT2D eigenvalue weighted by atomic mass is 32.1. The number of thiophene rings is 1. The van der Waals surface area contributed by atoms with Crippen LogP contribution in [-0.2, 0) is 11.3 Å². The minimum atomic E-state index is -0.747. The highest BCUT2D eigenvalue weighted by Gasteiger charge is 2.26. The Labute approximate surface area is 124 Å². The number of aliphatic carboxylic acids is 1. The maximum absolute atomic E-state index is 12.3. The zero-order valence-corrected chi connectivity index (χ0v) is 12.2. The molecule has 2 aromatic rings. The van der Waals surface area contributed by atoms with Crippen molar-refractivity contribution >= 4 is 27.5 Å². The van der Waals surface area contributed by atoms with Crippen molar-refractivity contribution in [3.05, 3.63) is 32.3 Å². The topological polar surface area (TPSA) is 92.2 Å². The van der Waals surface area contributed by atoms with Gasteiger partial charge in [-0.2, -0.15) is 0 Å². The third kappa shape index (κ3) is 2.65. The first kappa shape index (κ1) is 14.1. The van der Waals surface area contributed by atoms with Crippen LogP contribution in [-0.4, -0.2) is 20.6 Å². The molecule has 3 rings (SSSR count). The van der Waals surface area contributed by atoms with Gasteiger partial charge in [-0.15, -0.1) is 11.3 Å². The monoisotopic (exact) mass is 308 g/mol. The molecule has 112 valence electrons. The van der Waals surface area contributed by atoms with E-state index < -0.39 is 5.97 Å². The first-order valence-electron chi connectivity index (χ1n) is 6.99. The predicted molar refractivity (Wildman–Crippen MR) is 79.8 cm³/mol. The highest BCUT2D eigenvalue weighted by Crippen LogP contribution is 2.29. The van der Waals surface area contributed by atoms with E-state index in [1.807, 2.05) is 0 Å². The summed E-state index contributed by atoms with van der Waals surface area (Å²) in [5.41, 5.74) is -0.0452. The highest BCUT2D eigenvalue weighted by molar-refractivity contribution is 7.17. The molecule has 21 heavy (non-hydrogen) atoms. The van der Waals surface area contributed by atoms with Gasteiger partial charge in [0.15, 0.2) is 0 Å². The zero-order valence-electron chi connectivity index (χ0n) is 11.4. The number of fused-ring (bicyclic) bond motifs is 1. The summed E-state index contributed by atoms with van der Waals surface area (Å²) >= 11 is 1.32. The average Bonchev–Trinajstić information content (AvgIpc) is 2.92. The molecule has 0 spiro atoms. The number of nitrogens with zero attached hydrogens (tertiary/aromatic N) is 1. The predicted octanol–water partition coefficient (Wildman–Crippen LogP) is 1.64. The van der Waals surface area contributed by atoms with E-state index in [-0.39, 0.29) is 23.1 Å². The van der Waals surface area contributed by atoms with Gasteiger partial charge in [0, 0.05) is 6.54 Å². The van der Waals surface area contributed by atoms with Crippen molar-refractivity contribution < 1.29 is 9.90 Å². The molecule has 0 radical (unpaired) electrons. The molecule has 0 unspecified atom stereocenters. The Morgan fingerprint density at radius 2 is 2.05 bits per heavy atom. The molecule has 6 nitrogen and oxygen atoms in total. The van der Waals surface area contributed by atoms with Gasteiger partial charge < -0.3 is 10.1 Å². The van der Waals surface area contributed by atoms with Crippen molar-refractivity contribution in [2.75, 3.05) is 0 Å². The lowest BCUT2D eigenvalue weighted by Crippen LogP contribution is -2.37. The standard InChI is InChI=1S/C14H16N2O4S/c17-12-11-10(5-6-21-11)15-14(20)16(12)7-8-1-3-9(4-2-8)13(18)19/h5-6,8-9H,1-4,7H2,(H,15,20)(H,18,19). The number of rotatable bonds is 3. The second kappa shape index (κ2) is 5.48. The largest absolute Gasteiger partial charge is 0.481 e. The number of aromatic amines is 1. The Morgan fingerprint density at radius 3 is 2.71 bits per heavy atom. The minimum absolute atomic E-state index is 0.191. The molecule has 1 fully saturated rings. The normalized spacial score (nSPS) is 22.5. The molecule has 0 saturated heterocycles. The van der Waals surface area contributed by atoms with Crippen LogP contribution in [0.15, 0.2) is 21.0 Å². The third-order valence-corrected chi connectivity index (χ3v) is 5.13. The Morgan fingerprint density at radius 1 is 1.33 bits per heavy atom. The van der Waals surface area contributed by atoms with E-state index in [9.17, 15) is 14.4 Å². The minimum Gasteiger partial charge on any atom is -0.481 e. The summed E-state index contributed by atoms with van der Waals surface area (Å²) in [6.45, 7) is 0.369. The molecule has 7 heteroatoms. The number of carboxylic acids is 1. The van der Waals surface area contributed by atoms with Crippen LogP contribution in [0.3, 0.4) is 0 Å². The zero-order chi connectivity index (χ0) is 15.0. The van der Waals surface area contributed by atoms with Gasteiger partial charge in [-0.25, -0.2) is 4.79 Å². The SMILES string of the molecule is O=C(O)C1CCC(Cn2c(=O)[nH]c3ccsc3c2=O)CC1. The summed E-state index contributed by atoms with van der Waals surface area (Å²) in [7, 11) is 0. The molecule has 0 bridgehead atoms. The van der Waals surface area contributed by atoms with Crippen LogP contribution in [0.1, 0.15) is 25.7 Å². The first-order chi connectivity index (χ1) is 10.1. The van der Waals surface area contributed by atoms with Crippen molar-refractivity contribution in [3.63, 3.8) is 0 Å². The van der Waals surface area contributed by atoms with Crippen molar-refractivity contribution in [1.82, 2.24) is 9.55 Å². The van der Waals surface area contributed by atoms with E-state index in [0.717, 1.165) is 12.8 Å². The van der Waals surface area contributed by atoms with Crippen molar-refractivity contribution in [2.24, 2.45) is 11.8 Å². The van der Waals surface area contributed by atoms with Gasteiger partial charge in [-0.1, -0.05) is 0 Å². The summed E-state index contributed by atoms with van der Waals surface area (Å²) in [6, 6.07) is 1.73. The van der Waals surface area contributed by atoms with Crippen LogP contribution >= 0.6 is 11.3 Å². The first-order valence-corrected chi connectivity index (χ1v) is 7.87. The molecule has 2 heterocycles. The number of hydrogen-bond donors (Lipinski definition) is 2. The lowest BCUT2D eigenvalue weighted by atomic mass is 9.82. The van der Waals surface area contributed by atoms with E-state index in [1.54, 1.807) is 11.4 Å². The van der Waals surface area contributed by atoms with Crippen molar-refractivity contribution in [2.45, 2.75) is 32.2 Å². The van der Waals surface area contributed by atoms with Crippen LogP contribution in [0.2, 0.25) is 0 Å². The summed E-state index contributed by atoms with van der Waals surface area (Å²) < 4.78 is 1.82.